The second kappa shape index (κ2) is 7.62. The van der Waals surface area contributed by atoms with E-state index in [1.165, 1.54) is 0 Å². The Bertz CT molecular complexity index is 627. The lowest BCUT2D eigenvalue weighted by molar-refractivity contribution is 0.202. The van der Waals surface area contributed by atoms with Crippen LogP contribution >= 0.6 is 0 Å². The van der Waals surface area contributed by atoms with Gasteiger partial charge in [-0.3, -0.25) is 4.90 Å². The number of likely N-dealkylation sites (N-methyl/N-ethyl adjacent to an activating group) is 1. The zero-order valence-electron chi connectivity index (χ0n) is 13.3. The Labute approximate surface area is 131 Å². The molecule has 2 aromatic heterocycles. The smallest absolute Gasteiger partial charge is 0.145 e. The summed E-state index contributed by atoms with van der Waals surface area (Å²) >= 11 is 0. The Morgan fingerprint density at radius 1 is 1.32 bits per heavy atom. The molecule has 2 heterocycles. The zero-order chi connectivity index (χ0) is 15.9. The number of pyridine rings is 1. The highest BCUT2D eigenvalue weighted by Gasteiger charge is 2.20. The van der Waals surface area contributed by atoms with Crippen molar-refractivity contribution in [2.45, 2.75) is 26.8 Å². The fourth-order valence-electron chi connectivity index (χ4n) is 2.50. The maximum atomic E-state index is 9.07. The summed E-state index contributed by atoms with van der Waals surface area (Å²) in [7, 11) is 0. The molecule has 0 saturated heterocycles. The molecule has 22 heavy (non-hydrogen) atoms. The van der Waals surface area contributed by atoms with Gasteiger partial charge in [-0.05, 0) is 43.8 Å². The van der Waals surface area contributed by atoms with Gasteiger partial charge in [-0.15, -0.1) is 0 Å². The van der Waals surface area contributed by atoms with Crippen molar-refractivity contribution in [3.63, 3.8) is 0 Å². The first-order valence-electron chi connectivity index (χ1n) is 7.58. The van der Waals surface area contributed by atoms with E-state index in [-0.39, 0.29) is 6.04 Å². The molecule has 0 fully saturated rings. The summed E-state index contributed by atoms with van der Waals surface area (Å²) < 4.78 is 5.58. The van der Waals surface area contributed by atoms with Gasteiger partial charge in [0.1, 0.15) is 23.3 Å². The molecular formula is C17H22N4O. The third kappa shape index (κ3) is 3.66. The highest BCUT2D eigenvalue weighted by Crippen LogP contribution is 2.21. The van der Waals surface area contributed by atoms with Crippen molar-refractivity contribution in [3.05, 3.63) is 47.5 Å². The number of rotatable bonds is 7. The lowest BCUT2D eigenvalue weighted by Crippen LogP contribution is -2.33. The largest absolute Gasteiger partial charge is 0.468 e. The zero-order valence-corrected chi connectivity index (χ0v) is 13.3. The number of aryl methyl sites for hydroxylation is 1. The predicted molar refractivity (Wildman–Crippen MR) is 86.5 cm³/mol. The lowest BCUT2D eigenvalue weighted by Gasteiger charge is -2.28. The van der Waals surface area contributed by atoms with E-state index in [4.69, 9.17) is 9.68 Å². The molecule has 1 atom stereocenters. The molecule has 2 rings (SSSR count). The maximum Gasteiger partial charge on any atom is 0.145 e. The Kier molecular flexibility index (Phi) is 5.56. The van der Waals surface area contributed by atoms with Gasteiger partial charge in [0, 0.05) is 6.54 Å². The molecule has 0 amide bonds. The fraction of sp³-hybridized carbons (Fsp3) is 0.412. The lowest BCUT2D eigenvalue weighted by atomic mass is 10.1. The van der Waals surface area contributed by atoms with Crippen LogP contribution in [-0.4, -0.2) is 29.5 Å². The maximum absolute atomic E-state index is 9.07. The van der Waals surface area contributed by atoms with E-state index in [0.717, 1.165) is 24.4 Å². The summed E-state index contributed by atoms with van der Waals surface area (Å²) in [5.41, 5.74) is 1.35. The van der Waals surface area contributed by atoms with Gasteiger partial charge in [-0.25, -0.2) is 4.98 Å². The first-order valence-corrected chi connectivity index (χ1v) is 7.58. The Morgan fingerprint density at radius 2 is 2.09 bits per heavy atom. The molecule has 1 unspecified atom stereocenters. The summed E-state index contributed by atoms with van der Waals surface area (Å²) in [5, 5.41) is 12.4. The van der Waals surface area contributed by atoms with Crippen molar-refractivity contribution in [2.75, 3.05) is 25.0 Å². The molecule has 0 aromatic carbocycles. The van der Waals surface area contributed by atoms with Gasteiger partial charge in [0.15, 0.2) is 0 Å². The molecule has 0 aliphatic heterocycles. The number of nitrogens with zero attached hydrogens (tertiary/aromatic N) is 3. The molecule has 0 radical (unpaired) electrons. The van der Waals surface area contributed by atoms with Crippen LogP contribution in [0.4, 0.5) is 5.82 Å². The average Bonchev–Trinajstić information content (AvgIpc) is 3.06. The van der Waals surface area contributed by atoms with Gasteiger partial charge >= 0.3 is 0 Å². The molecule has 0 aliphatic rings. The van der Waals surface area contributed by atoms with Gasteiger partial charge in [0.2, 0.25) is 0 Å². The van der Waals surface area contributed by atoms with E-state index < -0.39 is 0 Å². The average molecular weight is 298 g/mol. The van der Waals surface area contributed by atoms with Crippen LogP contribution in [-0.2, 0) is 0 Å². The second-order valence-electron chi connectivity index (χ2n) is 5.11. The fourth-order valence-corrected chi connectivity index (χ4v) is 2.50. The minimum Gasteiger partial charge on any atom is -0.468 e. The summed E-state index contributed by atoms with van der Waals surface area (Å²) in [5.74, 6) is 1.65. The monoisotopic (exact) mass is 298 g/mol. The Balaban J connectivity index is 2.13. The van der Waals surface area contributed by atoms with E-state index in [1.54, 1.807) is 6.26 Å². The van der Waals surface area contributed by atoms with Crippen molar-refractivity contribution in [1.29, 1.82) is 5.26 Å². The molecule has 2 aromatic rings. The summed E-state index contributed by atoms with van der Waals surface area (Å²) in [4.78, 5) is 6.66. The molecule has 116 valence electrons. The number of hydrogen-bond acceptors (Lipinski definition) is 5. The van der Waals surface area contributed by atoms with Gasteiger partial charge < -0.3 is 9.73 Å². The Morgan fingerprint density at radius 3 is 2.68 bits per heavy atom. The number of aromatic nitrogens is 1. The third-order valence-corrected chi connectivity index (χ3v) is 3.80. The molecule has 0 saturated carbocycles. The normalized spacial score (nSPS) is 12.1. The third-order valence-electron chi connectivity index (χ3n) is 3.80. The van der Waals surface area contributed by atoms with Gasteiger partial charge in [-0.1, -0.05) is 19.9 Å². The highest BCUT2D eigenvalue weighted by atomic mass is 16.3. The number of anilines is 1. The molecular weight excluding hydrogens is 276 g/mol. The standard InChI is InChI=1S/C17H22N4O/c1-4-21(5-2)15(16-7-6-10-22-16)12-19-17-9-8-13(3)14(11-18)20-17/h6-10,15H,4-5,12H2,1-3H3,(H,19,20). The van der Waals surface area contributed by atoms with Crippen molar-refractivity contribution in [2.24, 2.45) is 0 Å². The number of nitriles is 1. The first-order chi connectivity index (χ1) is 10.7. The van der Waals surface area contributed by atoms with Gasteiger partial charge in [-0.2, -0.15) is 5.26 Å². The first kappa shape index (κ1) is 16.1. The Hall–Kier alpha value is -2.32. The number of hydrogen-bond donors (Lipinski definition) is 1. The van der Waals surface area contributed by atoms with E-state index in [1.807, 2.05) is 31.2 Å². The van der Waals surface area contributed by atoms with Gasteiger partial charge in [0.25, 0.3) is 0 Å². The molecule has 0 bridgehead atoms. The molecule has 0 aliphatic carbocycles. The molecule has 5 nitrogen and oxygen atoms in total. The van der Waals surface area contributed by atoms with Crippen molar-refractivity contribution < 1.29 is 4.42 Å². The molecule has 0 spiro atoms. The van der Waals surface area contributed by atoms with Crippen LogP contribution in [0.25, 0.3) is 0 Å². The van der Waals surface area contributed by atoms with E-state index in [0.29, 0.717) is 18.1 Å². The van der Waals surface area contributed by atoms with Gasteiger partial charge in [0.05, 0.1) is 12.3 Å². The summed E-state index contributed by atoms with van der Waals surface area (Å²) in [6, 6.07) is 9.96. The van der Waals surface area contributed by atoms with Crippen LogP contribution in [0.2, 0.25) is 0 Å². The van der Waals surface area contributed by atoms with Crippen LogP contribution in [0, 0.1) is 18.3 Å². The molecule has 5 heteroatoms. The van der Waals surface area contributed by atoms with Crippen LogP contribution in [0.3, 0.4) is 0 Å². The molecule has 1 N–H and O–H groups in total. The van der Waals surface area contributed by atoms with Crippen LogP contribution in [0.5, 0.6) is 0 Å². The minimum absolute atomic E-state index is 0.138. The summed E-state index contributed by atoms with van der Waals surface area (Å²) in [6.07, 6.45) is 1.70. The van der Waals surface area contributed by atoms with Crippen molar-refractivity contribution in [3.8, 4) is 6.07 Å². The number of nitrogens with one attached hydrogen (secondary N) is 1. The minimum atomic E-state index is 0.138. The topological polar surface area (TPSA) is 65.1 Å². The van der Waals surface area contributed by atoms with Crippen LogP contribution in [0.15, 0.2) is 34.9 Å². The quantitative estimate of drug-likeness (QED) is 0.849. The SMILES string of the molecule is CCN(CC)C(CNc1ccc(C)c(C#N)n1)c1ccco1. The van der Waals surface area contributed by atoms with Crippen molar-refractivity contribution >= 4 is 5.82 Å². The highest BCUT2D eigenvalue weighted by molar-refractivity contribution is 5.42. The number of furan rings is 1. The van der Waals surface area contributed by atoms with E-state index in [2.05, 4.69) is 35.1 Å². The van der Waals surface area contributed by atoms with Crippen LogP contribution in [0.1, 0.15) is 36.9 Å². The van der Waals surface area contributed by atoms with E-state index >= 15 is 0 Å². The van der Waals surface area contributed by atoms with Crippen LogP contribution < -0.4 is 5.32 Å². The summed E-state index contributed by atoms with van der Waals surface area (Å²) in [6.45, 7) is 8.71. The van der Waals surface area contributed by atoms with E-state index in [9.17, 15) is 0 Å². The van der Waals surface area contributed by atoms with Crippen molar-refractivity contribution in [1.82, 2.24) is 9.88 Å². The predicted octanol–water partition coefficient (Wildman–Crippen LogP) is 3.35. The second-order valence-corrected chi connectivity index (χ2v) is 5.11.